The van der Waals surface area contributed by atoms with Crippen LogP contribution in [0.25, 0.3) is 10.9 Å². The lowest BCUT2D eigenvalue weighted by Gasteiger charge is -2.11. The topological polar surface area (TPSA) is 30.9 Å². The highest BCUT2D eigenvalue weighted by Crippen LogP contribution is 2.22. The highest BCUT2D eigenvalue weighted by molar-refractivity contribution is 5.83. The molecule has 0 radical (unpaired) electrons. The molecule has 0 saturated carbocycles. The Hall–Kier alpha value is -1.28. The van der Waals surface area contributed by atoms with Crippen LogP contribution < -0.4 is 5.73 Å². The minimum absolute atomic E-state index is 0.268. The lowest BCUT2D eigenvalue weighted by atomic mass is 10.0. The average Bonchev–Trinajstić information content (AvgIpc) is 2.83. The quantitative estimate of drug-likeness (QED) is 0.798. The van der Waals surface area contributed by atoms with Crippen LogP contribution in [0.15, 0.2) is 30.5 Å². The summed E-state index contributed by atoms with van der Waals surface area (Å²) >= 11 is 0. The van der Waals surface area contributed by atoms with E-state index in [1.54, 1.807) is 0 Å². The van der Waals surface area contributed by atoms with Crippen molar-refractivity contribution in [2.75, 3.05) is 0 Å². The van der Waals surface area contributed by atoms with Crippen LogP contribution in [0.2, 0.25) is 0 Å². The number of hydrogen-bond acceptors (Lipinski definition) is 1. The van der Waals surface area contributed by atoms with E-state index in [-0.39, 0.29) is 6.04 Å². The molecule has 0 aliphatic carbocycles. The predicted octanol–water partition coefficient (Wildman–Crippen LogP) is 4.36. The maximum Gasteiger partial charge on any atom is 0.0483 e. The van der Waals surface area contributed by atoms with Crippen LogP contribution in [0.1, 0.15) is 45.6 Å². The second kappa shape index (κ2) is 6.94. The van der Waals surface area contributed by atoms with Crippen LogP contribution >= 0.6 is 0 Å². The number of aromatic nitrogens is 1. The fraction of sp³-hybridized carbons (Fsp3) is 0.556. The normalized spacial score (nSPS) is 13.2. The summed E-state index contributed by atoms with van der Waals surface area (Å²) in [6, 6.07) is 9.13. The third-order valence-corrected chi connectivity index (χ3v) is 4.09. The maximum absolute atomic E-state index is 6.11. The zero-order valence-corrected chi connectivity index (χ0v) is 13.1. The Morgan fingerprint density at radius 2 is 2.00 bits per heavy atom. The summed E-state index contributed by atoms with van der Waals surface area (Å²) in [5.41, 5.74) is 8.85. The molecule has 2 rings (SSSR count). The van der Waals surface area contributed by atoms with E-state index in [9.17, 15) is 0 Å². The van der Waals surface area contributed by atoms with E-state index in [1.165, 1.54) is 29.3 Å². The van der Waals surface area contributed by atoms with Crippen molar-refractivity contribution in [2.24, 2.45) is 11.7 Å². The van der Waals surface area contributed by atoms with Gasteiger partial charge in [0.25, 0.3) is 0 Å². The van der Waals surface area contributed by atoms with Crippen LogP contribution in [-0.2, 0) is 13.0 Å². The van der Waals surface area contributed by atoms with E-state index < -0.39 is 0 Å². The fourth-order valence-electron chi connectivity index (χ4n) is 2.76. The fourth-order valence-corrected chi connectivity index (χ4v) is 2.76. The molecule has 2 aromatic rings. The molecule has 0 aliphatic rings. The molecule has 110 valence electrons. The minimum Gasteiger partial charge on any atom is -0.347 e. The molecule has 0 amide bonds. The third-order valence-electron chi connectivity index (χ3n) is 4.09. The monoisotopic (exact) mass is 272 g/mol. The number of hydrogen-bond donors (Lipinski definition) is 1. The van der Waals surface area contributed by atoms with Crippen molar-refractivity contribution in [1.82, 2.24) is 4.57 Å². The molecule has 1 aromatic heterocycles. The summed E-state index contributed by atoms with van der Waals surface area (Å²) in [4.78, 5) is 0. The highest BCUT2D eigenvalue weighted by Gasteiger charge is 2.08. The first kappa shape index (κ1) is 15.1. The Bertz CT molecular complexity index is 539. The first-order valence-electron chi connectivity index (χ1n) is 7.94. The molecule has 0 spiro atoms. The summed E-state index contributed by atoms with van der Waals surface area (Å²) < 4.78 is 2.39. The molecule has 0 saturated heterocycles. The second-order valence-corrected chi connectivity index (χ2v) is 6.27. The van der Waals surface area contributed by atoms with Crippen LogP contribution in [-0.4, -0.2) is 10.6 Å². The van der Waals surface area contributed by atoms with Crippen LogP contribution in [0.5, 0.6) is 0 Å². The van der Waals surface area contributed by atoms with Gasteiger partial charge in [-0.1, -0.05) is 32.9 Å². The molecule has 20 heavy (non-hydrogen) atoms. The van der Waals surface area contributed by atoms with E-state index in [4.69, 9.17) is 5.73 Å². The lowest BCUT2D eigenvalue weighted by molar-refractivity contribution is 0.518. The van der Waals surface area contributed by atoms with E-state index in [0.29, 0.717) is 0 Å². The van der Waals surface area contributed by atoms with Crippen LogP contribution in [0.4, 0.5) is 0 Å². The van der Waals surface area contributed by atoms with Gasteiger partial charge in [-0.25, -0.2) is 0 Å². The number of benzene rings is 1. The van der Waals surface area contributed by atoms with Gasteiger partial charge in [0, 0.05) is 29.7 Å². The van der Waals surface area contributed by atoms with Gasteiger partial charge in [-0.2, -0.15) is 0 Å². The summed E-state index contributed by atoms with van der Waals surface area (Å²) in [7, 11) is 0. The molecule has 1 heterocycles. The van der Waals surface area contributed by atoms with Gasteiger partial charge in [-0.15, -0.1) is 0 Å². The number of aryl methyl sites for hydroxylation is 1. The third kappa shape index (κ3) is 3.63. The zero-order valence-electron chi connectivity index (χ0n) is 13.1. The SMILES string of the molecule is CCC(N)Cc1cccc2c1ccn2CCCC(C)C. The van der Waals surface area contributed by atoms with Gasteiger partial charge in [-0.05, 0) is 49.3 Å². The Kier molecular flexibility index (Phi) is 5.24. The largest absolute Gasteiger partial charge is 0.347 e. The number of fused-ring (bicyclic) bond motifs is 1. The number of nitrogens with two attached hydrogens (primary N) is 1. The summed E-state index contributed by atoms with van der Waals surface area (Å²) in [6.07, 6.45) is 6.78. The van der Waals surface area contributed by atoms with Gasteiger partial charge in [0.05, 0.1) is 0 Å². The lowest BCUT2D eigenvalue weighted by Crippen LogP contribution is -2.21. The summed E-state index contributed by atoms with van der Waals surface area (Å²) in [6.45, 7) is 7.85. The maximum atomic E-state index is 6.11. The van der Waals surface area contributed by atoms with E-state index in [1.807, 2.05) is 0 Å². The molecule has 1 atom stereocenters. The average molecular weight is 272 g/mol. The van der Waals surface area contributed by atoms with Crippen LogP contribution in [0, 0.1) is 5.92 Å². The van der Waals surface area contributed by atoms with Crippen molar-refractivity contribution >= 4 is 10.9 Å². The molecule has 0 aliphatic heterocycles. The second-order valence-electron chi connectivity index (χ2n) is 6.27. The summed E-state index contributed by atoms with van der Waals surface area (Å²) in [5.74, 6) is 0.787. The molecular weight excluding hydrogens is 244 g/mol. The molecule has 0 fully saturated rings. The van der Waals surface area contributed by atoms with Gasteiger partial charge in [0.2, 0.25) is 0 Å². The summed E-state index contributed by atoms with van der Waals surface area (Å²) in [5, 5.41) is 1.38. The smallest absolute Gasteiger partial charge is 0.0483 e. The van der Waals surface area contributed by atoms with Crippen molar-refractivity contribution in [1.29, 1.82) is 0 Å². The van der Waals surface area contributed by atoms with Gasteiger partial charge < -0.3 is 10.3 Å². The van der Waals surface area contributed by atoms with Crippen LogP contribution in [0.3, 0.4) is 0 Å². The molecule has 2 nitrogen and oxygen atoms in total. The molecule has 2 N–H and O–H groups in total. The van der Waals surface area contributed by atoms with Crippen molar-refractivity contribution in [3.8, 4) is 0 Å². The molecular formula is C18H28N2. The van der Waals surface area contributed by atoms with E-state index in [0.717, 1.165) is 25.3 Å². The van der Waals surface area contributed by atoms with Gasteiger partial charge >= 0.3 is 0 Å². The van der Waals surface area contributed by atoms with Crippen molar-refractivity contribution < 1.29 is 0 Å². The standard InChI is InChI=1S/C18H28N2/c1-4-16(19)13-15-8-5-9-18-17(15)10-12-20(18)11-6-7-14(2)3/h5,8-10,12,14,16H,4,6-7,11,13,19H2,1-3H3. The Morgan fingerprint density at radius 3 is 2.70 bits per heavy atom. The van der Waals surface area contributed by atoms with E-state index in [2.05, 4.69) is 55.8 Å². The molecule has 0 bridgehead atoms. The van der Waals surface area contributed by atoms with Gasteiger partial charge in [0.1, 0.15) is 0 Å². The first-order valence-corrected chi connectivity index (χ1v) is 7.94. The van der Waals surface area contributed by atoms with E-state index >= 15 is 0 Å². The molecule has 2 heteroatoms. The molecule has 1 unspecified atom stereocenters. The van der Waals surface area contributed by atoms with Gasteiger partial charge in [0.15, 0.2) is 0 Å². The Balaban J connectivity index is 2.16. The zero-order chi connectivity index (χ0) is 14.5. The minimum atomic E-state index is 0.268. The number of nitrogens with zero attached hydrogens (tertiary/aromatic N) is 1. The first-order chi connectivity index (χ1) is 9.61. The van der Waals surface area contributed by atoms with Crippen molar-refractivity contribution in [2.45, 2.75) is 59.0 Å². The Morgan fingerprint density at radius 1 is 1.20 bits per heavy atom. The Labute approximate surface area is 123 Å². The van der Waals surface area contributed by atoms with Crippen molar-refractivity contribution in [3.05, 3.63) is 36.0 Å². The predicted molar refractivity (Wildman–Crippen MR) is 88.0 cm³/mol. The molecule has 1 aromatic carbocycles. The van der Waals surface area contributed by atoms with Crippen molar-refractivity contribution in [3.63, 3.8) is 0 Å². The van der Waals surface area contributed by atoms with Gasteiger partial charge in [-0.3, -0.25) is 0 Å². The highest BCUT2D eigenvalue weighted by atomic mass is 14.9. The number of rotatable bonds is 7.